The summed E-state index contributed by atoms with van der Waals surface area (Å²) in [6, 6.07) is 16.8. The van der Waals surface area contributed by atoms with Gasteiger partial charge in [0.15, 0.2) is 0 Å². The molecule has 0 radical (unpaired) electrons. The Hall–Kier alpha value is -2.63. The van der Waals surface area contributed by atoms with E-state index in [0.717, 1.165) is 60.0 Å². The van der Waals surface area contributed by atoms with Gasteiger partial charge in [-0.05, 0) is 50.2 Å². The van der Waals surface area contributed by atoms with E-state index in [9.17, 15) is 0 Å². The summed E-state index contributed by atoms with van der Waals surface area (Å²) in [4.78, 5) is 6.13. The summed E-state index contributed by atoms with van der Waals surface area (Å²) >= 11 is 0. The van der Waals surface area contributed by atoms with Gasteiger partial charge in [0.2, 0.25) is 0 Å². The number of rotatable bonds is 5. The third kappa shape index (κ3) is 4.04. The van der Waals surface area contributed by atoms with Gasteiger partial charge in [0.25, 0.3) is 0 Å². The summed E-state index contributed by atoms with van der Waals surface area (Å²) in [7, 11) is 0. The van der Waals surface area contributed by atoms with E-state index < -0.39 is 0 Å². The molecule has 1 saturated heterocycles. The van der Waals surface area contributed by atoms with Crippen molar-refractivity contribution in [1.82, 2.24) is 4.98 Å². The average Bonchev–Trinajstić information content (AvgIpc) is 2.70. The summed E-state index contributed by atoms with van der Waals surface area (Å²) in [5.41, 5.74) is 5.39. The maximum atomic E-state index is 5.66. The van der Waals surface area contributed by atoms with Crippen molar-refractivity contribution in [2.45, 2.75) is 13.8 Å². The first-order valence-electron chi connectivity index (χ1n) is 9.57. The van der Waals surface area contributed by atoms with Crippen LogP contribution < -0.4 is 15.0 Å². The highest BCUT2D eigenvalue weighted by atomic mass is 16.5. The molecule has 5 nitrogen and oxygen atoms in total. The minimum Gasteiger partial charge on any atom is -0.494 e. The van der Waals surface area contributed by atoms with E-state index in [2.05, 4.69) is 46.7 Å². The Morgan fingerprint density at radius 1 is 1.07 bits per heavy atom. The molecule has 1 aliphatic heterocycles. The molecule has 0 atom stereocenters. The second kappa shape index (κ2) is 7.94. The zero-order chi connectivity index (χ0) is 18.6. The van der Waals surface area contributed by atoms with E-state index in [1.807, 2.05) is 26.0 Å². The number of aryl methyl sites for hydroxylation is 1. The highest BCUT2D eigenvalue weighted by Gasteiger charge is 2.16. The molecule has 0 amide bonds. The molecule has 5 heteroatoms. The number of benzene rings is 2. The molecule has 4 rings (SSSR count). The lowest BCUT2D eigenvalue weighted by molar-refractivity contribution is -0.842. The highest BCUT2D eigenvalue weighted by molar-refractivity contribution is 5.94. The molecule has 0 saturated carbocycles. The molecule has 27 heavy (non-hydrogen) atoms. The molecular formula is C22H26N3O2+. The Kier molecular flexibility index (Phi) is 5.23. The summed E-state index contributed by atoms with van der Waals surface area (Å²) in [5.74, 6) is 0.866. The van der Waals surface area contributed by atoms with Gasteiger partial charge in [0, 0.05) is 34.6 Å². The van der Waals surface area contributed by atoms with Crippen LogP contribution in [0.2, 0.25) is 0 Å². The van der Waals surface area contributed by atoms with Gasteiger partial charge in [-0.15, -0.1) is 0 Å². The van der Waals surface area contributed by atoms with Crippen molar-refractivity contribution in [1.29, 1.82) is 0 Å². The molecule has 0 unspecified atom stereocenters. The number of anilines is 2. The van der Waals surface area contributed by atoms with Gasteiger partial charge in [-0.1, -0.05) is 0 Å². The standard InChI is InChI=1S/C22H25N3O2/c1-3-27-19-8-9-21-20(15-19)22(14-16(2)23-21)24-17-4-6-18(7-5-17)25-10-12-26-13-11-25/h4-9,14-15H,3,10-13H2,1-2H3,(H,23,24)/p+1. The number of nitrogens with one attached hydrogen (secondary N) is 2. The first-order valence-corrected chi connectivity index (χ1v) is 9.57. The Bertz CT molecular complexity index is 919. The van der Waals surface area contributed by atoms with Crippen molar-refractivity contribution in [3.05, 3.63) is 54.2 Å². The number of hydrogen-bond donors (Lipinski definition) is 2. The molecule has 0 spiro atoms. The zero-order valence-electron chi connectivity index (χ0n) is 15.9. The molecule has 1 aliphatic rings. The number of aromatic nitrogens is 1. The predicted molar refractivity (Wildman–Crippen MR) is 109 cm³/mol. The summed E-state index contributed by atoms with van der Waals surface area (Å²) in [5, 5.41) is 4.62. The van der Waals surface area contributed by atoms with Crippen molar-refractivity contribution in [3.8, 4) is 5.75 Å². The van der Waals surface area contributed by atoms with Gasteiger partial charge in [-0.3, -0.25) is 9.88 Å². The molecule has 3 aromatic rings. The molecule has 140 valence electrons. The fourth-order valence-corrected chi connectivity index (χ4v) is 3.55. The number of quaternary nitrogens is 1. The van der Waals surface area contributed by atoms with Crippen molar-refractivity contribution < 1.29 is 14.4 Å². The van der Waals surface area contributed by atoms with E-state index in [1.54, 1.807) is 0 Å². The van der Waals surface area contributed by atoms with E-state index in [0.29, 0.717) is 6.61 Å². The molecule has 0 bridgehead atoms. The van der Waals surface area contributed by atoms with Crippen molar-refractivity contribution >= 4 is 28.0 Å². The van der Waals surface area contributed by atoms with Gasteiger partial charge in [0.1, 0.15) is 24.5 Å². The topological polar surface area (TPSA) is 47.8 Å². The van der Waals surface area contributed by atoms with Crippen LogP contribution in [0, 0.1) is 6.92 Å². The number of hydrogen-bond acceptors (Lipinski definition) is 4. The third-order valence-corrected chi connectivity index (χ3v) is 4.89. The number of fused-ring (bicyclic) bond motifs is 1. The van der Waals surface area contributed by atoms with Crippen molar-refractivity contribution in [3.63, 3.8) is 0 Å². The first kappa shape index (κ1) is 17.8. The normalized spacial score (nSPS) is 15.0. The Morgan fingerprint density at radius 2 is 1.85 bits per heavy atom. The molecule has 2 N–H and O–H groups in total. The van der Waals surface area contributed by atoms with Crippen LogP contribution in [0.4, 0.5) is 17.1 Å². The summed E-state index contributed by atoms with van der Waals surface area (Å²) in [6.45, 7) is 8.39. The monoisotopic (exact) mass is 364 g/mol. The van der Waals surface area contributed by atoms with E-state index in [1.165, 1.54) is 10.6 Å². The lowest BCUT2D eigenvalue weighted by Crippen LogP contribution is -3.09. The Balaban J connectivity index is 1.61. The SMILES string of the molecule is CCOc1ccc2nc(C)cc(Nc3ccc([NH+]4CCOCC4)cc3)c2c1. The maximum Gasteiger partial charge on any atom is 0.131 e. The molecular weight excluding hydrogens is 338 g/mol. The third-order valence-electron chi connectivity index (χ3n) is 4.89. The van der Waals surface area contributed by atoms with Crippen LogP contribution >= 0.6 is 0 Å². The predicted octanol–water partition coefficient (Wildman–Crippen LogP) is 3.23. The molecule has 2 aromatic carbocycles. The van der Waals surface area contributed by atoms with E-state index in [4.69, 9.17) is 9.47 Å². The Labute approximate surface area is 159 Å². The minimum atomic E-state index is 0.652. The van der Waals surface area contributed by atoms with Gasteiger partial charge >= 0.3 is 0 Å². The lowest BCUT2D eigenvalue weighted by Gasteiger charge is -2.23. The van der Waals surface area contributed by atoms with Crippen LogP contribution in [0.1, 0.15) is 12.6 Å². The largest absolute Gasteiger partial charge is 0.494 e. The lowest BCUT2D eigenvalue weighted by atomic mass is 10.1. The van der Waals surface area contributed by atoms with Crippen LogP contribution in [0.25, 0.3) is 10.9 Å². The highest BCUT2D eigenvalue weighted by Crippen LogP contribution is 2.29. The molecule has 0 aliphatic carbocycles. The summed E-state index contributed by atoms with van der Waals surface area (Å²) in [6.07, 6.45) is 0. The second-order valence-corrected chi connectivity index (χ2v) is 6.84. The molecule has 1 fully saturated rings. The van der Waals surface area contributed by atoms with Crippen molar-refractivity contribution in [2.24, 2.45) is 0 Å². The van der Waals surface area contributed by atoms with Crippen LogP contribution in [0.5, 0.6) is 5.75 Å². The molecule has 1 aromatic heterocycles. The fourth-order valence-electron chi connectivity index (χ4n) is 3.55. The van der Waals surface area contributed by atoms with E-state index in [-0.39, 0.29) is 0 Å². The van der Waals surface area contributed by atoms with Gasteiger partial charge in [-0.2, -0.15) is 0 Å². The van der Waals surface area contributed by atoms with Gasteiger partial charge < -0.3 is 14.8 Å². The van der Waals surface area contributed by atoms with Gasteiger partial charge in [-0.25, -0.2) is 0 Å². The number of ether oxygens (including phenoxy) is 2. The van der Waals surface area contributed by atoms with Crippen LogP contribution in [0.3, 0.4) is 0 Å². The number of morpholine rings is 1. The summed E-state index contributed by atoms with van der Waals surface area (Å²) < 4.78 is 11.1. The molecule has 2 heterocycles. The number of pyridine rings is 1. The van der Waals surface area contributed by atoms with Crippen LogP contribution in [-0.2, 0) is 4.74 Å². The quantitative estimate of drug-likeness (QED) is 0.730. The first-order chi connectivity index (χ1) is 13.2. The number of nitrogens with zero attached hydrogens (tertiary/aromatic N) is 1. The van der Waals surface area contributed by atoms with Crippen LogP contribution in [0.15, 0.2) is 48.5 Å². The fraction of sp³-hybridized carbons (Fsp3) is 0.318. The minimum absolute atomic E-state index is 0.652. The van der Waals surface area contributed by atoms with Gasteiger partial charge in [0.05, 0.1) is 25.3 Å². The second-order valence-electron chi connectivity index (χ2n) is 6.84. The van der Waals surface area contributed by atoms with E-state index >= 15 is 0 Å². The Morgan fingerprint density at radius 3 is 2.59 bits per heavy atom. The van der Waals surface area contributed by atoms with Crippen LogP contribution in [-0.4, -0.2) is 37.9 Å². The average molecular weight is 364 g/mol. The zero-order valence-corrected chi connectivity index (χ0v) is 15.9. The maximum absolute atomic E-state index is 5.66. The van der Waals surface area contributed by atoms with Crippen molar-refractivity contribution in [2.75, 3.05) is 38.2 Å². The smallest absolute Gasteiger partial charge is 0.131 e.